The third-order valence-electron chi connectivity index (χ3n) is 4.51. The van der Waals surface area contributed by atoms with Crippen molar-refractivity contribution >= 4 is 11.6 Å². The van der Waals surface area contributed by atoms with Crippen LogP contribution in [-0.2, 0) is 4.79 Å². The molecule has 0 bridgehead atoms. The minimum absolute atomic E-state index is 0.0837. The number of carbonyl (C=O) groups excluding carboxylic acids is 1. The van der Waals surface area contributed by atoms with Crippen molar-refractivity contribution in [3.8, 4) is 5.75 Å². The summed E-state index contributed by atoms with van der Waals surface area (Å²) in [6.45, 7) is 5.04. The van der Waals surface area contributed by atoms with Gasteiger partial charge in [-0.1, -0.05) is 60.7 Å². The van der Waals surface area contributed by atoms with Crippen LogP contribution in [0.5, 0.6) is 5.75 Å². The molecule has 2 N–H and O–H groups in total. The highest BCUT2D eigenvalue weighted by Crippen LogP contribution is 2.20. The van der Waals surface area contributed by atoms with E-state index in [9.17, 15) is 4.79 Å². The first kappa shape index (κ1) is 19.6. The predicted octanol–water partition coefficient (Wildman–Crippen LogP) is 4.65. The van der Waals surface area contributed by atoms with Gasteiger partial charge in [-0.3, -0.25) is 10.1 Å². The van der Waals surface area contributed by atoms with E-state index in [-0.39, 0.29) is 5.91 Å². The van der Waals surface area contributed by atoms with Crippen LogP contribution in [0.2, 0.25) is 0 Å². The minimum Gasteiger partial charge on any atom is -0.492 e. The first-order valence-corrected chi connectivity index (χ1v) is 9.48. The molecule has 3 aromatic carbocycles. The number of amides is 1. The van der Waals surface area contributed by atoms with Crippen LogP contribution in [-0.4, -0.2) is 19.1 Å². The number of hydrogen-bond donors (Lipinski definition) is 2. The van der Waals surface area contributed by atoms with E-state index < -0.39 is 6.04 Å². The zero-order chi connectivity index (χ0) is 19.8. The number of para-hydroxylation sites is 1. The molecule has 28 heavy (non-hydrogen) atoms. The number of aryl methyl sites for hydroxylation is 2. The molecule has 0 heterocycles. The number of carbonyl (C=O) groups is 1. The standard InChI is InChI=1S/C24H26N2O2/c1-18-13-14-19(2)22(17-18)26-24(27)23(20-9-5-3-6-10-20)25-15-16-28-21-11-7-4-8-12-21/h3-14,17,23,25H,15-16H2,1-2H3,(H,26,27)/t23-/m0/s1. The summed E-state index contributed by atoms with van der Waals surface area (Å²) in [5.41, 5.74) is 3.91. The van der Waals surface area contributed by atoms with E-state index in [1.807, 2.05) is 92.7 Å². The average Bonchev–Trinajstić information content (AvgIpc) is 2.72. The molecule has 0 aliphatic rings. The average molecular weight is 374 g/mol. The van der Waals surface area contributed by atoms with Gasteiger partial charge in [0.25, 0.3) is 0 Å². The number of ether oxygens (including phenoxy) is 1. The van der Waals surface area contributed by atoms with Crippen molar-refractivity contribution in [1.82, 2.24) is 5.32 Å². The fraction of sp³-hybridized carbons (Fsp3) is 0.208. The van der Waals surface area contributed by atoms with E-state index in [1.165, 1.54) is 0 Å². The van der Waals surface area contributed by atoms with Crippen molar-refractivity contribution in [2.45, 2.75) is 19.9 Å². The van der Waals surface area contributed by atoms with Crippen LogP contribution in [0.4, 0.5) is 5.69 Å². The fourth-order valence-electron chi connectivity index (χ4n) is 2.97. The molecule has 3 rings (SSSR count). The number of benzene rings is 3. The van der Waals surface area contributed by atoms with Crippen molar-refractivity contribution in [2.24, 2.45) is 0 Å². The Balaban J connectivity index is 1.66. The zero-order valence-electron chi connectivity index (χ0n) is 16.3. The quantitative estimate of drug-likeness (QED) is 0.564. The van der Waals surface area contributed by atoms with Gasteiger partial charge in [0, 0.05) is 12.2 Å². The molecule has 4 heteroatoms. The van der Waals surface area contributed by atoms with Gasteiger partial charge in [0.15, 0.2) is 0 Å². The van der Waals surface area contributed by atoms with Gasteiger partial charge in [-0.25, -0.2) is 0 Å². The molecule has 3 aromatic rings. The van der Waals surface area contributed by atoms with Crippen molar-refractivity contribution in [3.63, 3.8) is 0 Å². The van der Waals surface area contributed by atoms with Crippen LogP contribution in [0.15, 0.2) is 78.9 Å². The first-order valence-electron chi connectivity index (χ1n) is 9.48. The Morgan fingerprint density at radius 1 is 0.929 bits per heavy atom. The molecule has 0 unspecified atom stereocenters. The predicted molar refractivity (Wildman–Crippen MR) is 114 cm³/mol. The summed E-state index contributed by atoms with van der Waals surface area (Å²) in [6.07, 6.45) is 0. The van der Waals surface area contributed by atoms with Gasteiger partial charge < -0.3 is 10.1 Å². The molecule has 1 amide bonds. The summed E-state index contributed by atoms with van der Waals surface area (Å²) in [6, 6.07) is 25.0. The van der Waals surface area contributed by atoms with Gasteiger partial charge in [0.05, 0.1) is 0 Å². The summed E-state index contributed by atoms with van der Waals surface area (Å²) < 4.78 is 5.73. The third kappa shape index (κ3) is 5.44. The van der Waals surface area contributed by atoms with Gasteiger partial charge in [0.1, 0.15) is 18.4 Å². The van der Waals surface area contributed by atoms with Gasteiger partial charge in [-0.05, 0) is 48.7 Å². The van der Waals surface area contributed by atoms with Crippen LogP contribution in [0, 0.1) is 13.8 Å². The fourth-order valence-corrected chi connectivity index (χ4v) is 2.97. The molecule has 0 radical (unpaired) electrons. The van der Waals surface area contributed by atoms with Gasteiger partial charge in [0.2, 0.25) is 5.91 Å². The second-order valence-corrected chi connectivity index (χ2v) is 6.77. The van der Waals surface area contributed by atoms with Crippen molar-refractivity contribution in [3.05, 3.63) is 95.6 Å². The zero-order valence-corrected chi connectivity index (χ0v) is 16.3. The van der Waals surface area contributed by atoms with Crippen LogP contribution in [0.25, 0.3) is 0 Å². The molecular weight excluding hydrogens is 348 g/mol. The Kier molecular flexibility index (Phi) is 6.82. The number of nitrogens with one attached hydrogen (secondary N) is 2. The molecule has 1 atom stereocenters. The second-order valence-electron chi connectivity index (χ2n) is 6.77. The summed E-state index contributed by atoms with van der Waals surface area (Å²) in [4.78, 5) is 13.0. The topological polar surface area (TPSA) is 50.4 Å². The van der Waals surface area contributed by atoms with E-state index in [1.54, 1.807) is 0 Å². The normalized spacial score (nSPS) is 11.6. The Bertz CT molecular complexity index is 895. The lowest BCUT2D eigenvalue weighted by Gasteiger charge is -2.20. The molecule has 0 aromatic heterocycles. The second kappa shape index (κ2) is 9.72. The highest BCUT2D eigenvalue weighted by atomic mass is 16.5. The maximum absolute atomic E-state index is 13.0. The summed E-state index contributed by atoms with van der Waals surface area (Å²) in [5.74, 6) is 0.736. The van der Waals surface area contributed by atoms with Crippen molar-refractivity contribution in [1.29, 1.82) is 0 Å². The maximum Gasteiger partial charge on any atom is 0.246 e. The largest absolute Gasteiger partial charge is 0.492 e. The van der Waals surface area contributed by atoms with Crippen molar-refractivity contribution < 1.29 is 9.53 Å². The third-order valence-corrected chi connectivity index (χ3v) is 4.51. The minimum atomic E-state index is -0.458. The highest BCUT2D eigenvalue weighted by molar-refractivity contribution is 5.96. The Morgan fingerprint density at radius 3 is 2.32 bits per heavy atom. The summed E-state index contributed by atoms with van der Waals surface area (Å²) in [5, 5.41) is 6.39. The van der Waals surface area contributed by atoms with Crippen molar-refractivity contribution in [2.75, 3.05) is 18.5 Å². The number of rotatable bonds is 8. The first-order chi connectivity index (χ1) is 13.6. The lowest BCUT2D eigenvalue weighted by Crippen LogP contribution is -2.35. The smallest absolute Gasteiger partial charge is 0.246 e. The summed E-state index contributed by atoms with van der Waals surface area (Å²) >= 11 is 0. The maximum atomic E-state index is 13.0. The molecule has 0 saturated carbocycles. The molecule has 0 saturated heterocycles. The van der Waals surface area contributed by atoms with E-state index in [2.05, 4.69) is 10.6 Å². The van der Waals surface area contributed by atoms with E-state index in [0.717, 1.165) is 28.1 Å². The molecule has 0 spiro atoms. The van der Waals surface area contributed by atoms with E-state index in [0.29, 0.717) is 13.2 Å². The number of hydrogen-bond acceptors (Lipinski definition) is 3. The monoisotopic (exact) mass is 374 g/mol. The number of anilines is 1. The molecule has 0 fully saturated rings. The van der Waals surface area contributed by atoms with Crippen LogP contribution in [0.3, 0.4) is 0 Å². The van der Waals surface area contributed by atoms with Crippen LogP contribution in [0.1, 0.15) is 22.7 Å². The van der Waals surface area contributed by atoms with E-state index in [4.69, 9.17) is 4.74 Å². The molecule has 144 valence electrons. The van der Waals surface area contributed by atoms with Gasteiger partial charge >= 0.3 is 0 Å². The lowest BCUT2D eigenvalue weighted by molar-refractivity contribution is -0.118. The summed E-state index contributed by atoms with van der Waals surface area (Å²) in [7, 11) is 0. The molecule has 4 nitrogen and oxygen atoms in total. The Hall–Kier alpha value is -3.11. The molecule has 0 aliphatic heterocycles. The molecular formula is C24H26N2O2. The Labute approximate surface area is 166 Å². The van der Waals surface area contributed by atoms with Crippen LogP contribution < -0.4 is 15.4 Å². The lowest BCUT2D eigenvalue weighted by atomic mass is 10.1. The van der Waals surface area contributed by atoms with E-state index >= 15 is 0 Å². The Morgan fingerprint density at radius 2 is 1.61 bits per heavy atom. The SMILES string of the molecule is Cc1ccc(C)c(NC(=O)[C@@H](NCCOc2ccccc2)c2ccccc2)c1. The van der Waals surface area contributed by atoms with Gasteiger partial charge in [-0.2, -0.15) is 0 Å². The van der Waals surface area contributed by atoms with Crippen LogP contribution >= 0.6 is 0 Å². The highest BCUT2D eigenvalue weighted by Gasteiger charge is 2.20. The van der Waals surface area contributed by atoms with Gasteiger partial charge in [-0.15, -0.1) is 0 Å². The molecule has 0 aliphatic carbocycles.